The molecule has 2 heterocycles. The molecule has 1 aromatic rings. The normalized spacial score (nSPS) is 17.4. The number of aromatic nitrogens is 2. The predicted molar refractivity (Wildman–Crippen MR) is 69.6 cm³/mol. The highest BCUT2D eigenvalue weighted by Crippen LogP contribution is 2.18. The monoisotopic (exact) mass is 281 g/mol. The van der Waals surface area contributed by atoms with Crippen LogP contribution < -0.4 is 5.32 Å². The molecule has 0 radical (unpaired) electrons. The van der Waals surface area contributed by atoms with E-state index in [-0.39, 0.29) is 18.4 Å². The molecule has 2 N–H and O–H groups in total. The quantitative estimate of drug-likeness (QED) is 0.769. The van der Waals surface area contributed by atoms with Crippen molar-refractivity contribution in [2.75, 3.05) is 19.8 Å². The molecule has 1 aliphatic rings. The van der Waals surface area contributed by atoms with E-state index in [9.17, 15) is 9.59 Å². The minimum atomic E-state index is -0.816. The molecule has 1 amide bonds. The zero-order valence-corrected chi connectivity index (χ0v) is 11.4. The fourth-order valence-corrected chi connectivity index (χ4v) is 2.14. The fourth-order valence-electron chi connectivity index (χ4n) is 2.14. The van der Waals surface area contributed by atoms with Crippen molar-refractivity contribution in [3.8, 4) is 0 Å². The van der Waals surface area contributed by atoms with Crippen molar-refractivity contribution in [2.24, 2.45) is 5.92 Å². The van der Waals surface area contributed by atoms with Crippen LogP contribution in [-0.2, 0) is 19.1 Å². The summed E-state index contributed by atoms with van der Waals surface area (Å²) in [5.41, 5.74) is 0.587. The standard InChI is InChI=1S/C13H19N3O4/c1-2-20-13(18)11(10-7-14-15-8-10)16-12(17)9-3-5-19-6-4-9/h7-9,11H,2-6H2,1H3,(H,14,15)(H,16,17). The number of aromatic amines is 1. The van der Waals surface area contributed by atoms with Crippen LogP contribution in [0.3, 0.4) is 0 Å². The van der Waals surface area contributed by atoms with Crippen LogP contribution in [0.15, 0.2) is 12.4 Å². The highest BCUT2D eigenvalue weighted by Gasteiger charge is 2.29. The van der Waals surface area contributed by atoms with Crippen molar-refractivity contribution in [3.63, 3.8) is 0 Å². The second-order valence-electron chi connectivity index (χ2n) is 4.61. The van der Waals surface area contributed by atoms with Crippen molar-refractivity contribution in [1.82, 2.24) is 15.5 Å². The molecule has 0 aromatic carbocycles. The molecule has 1 saturated heterocycles. The minimum Gasteiger partial charge on any atom is -0.464 e. The first kappa shape index (κ1) is 14.5. The van der Waals surface area contributed by atoms with Crippen LogP contribution in [0.2, 0.25) is 0 Å². The number of carbonyl (C=O) groups is 2. The van der Waals surface area contributed by atoms with Gasteiger partial charge in [-0.15, -0.1) is 0 Å². The number of H-pyrrole nitrogens is 1. The summed E-state index contributed by atoms with van der Waals surface area (Å²) in [6.45, 7) is 3.15. The van der Waals surface area contributed by atoms with Gasteiger partial charge in [0.2, 0.25) is 5.91 Å². The number of esters is 1. The van der Waals surface area contributed by atoms with Gasteiger partial charge in [0, 0.05) is 30.9 Å². The summed E-state index contributed by atoms with van der Waals surface area (Å²) in [6, 6.07) is -0.816. The van der Waals surface area contributed by atoms with Gasteiger partial charge in [0.1, 0.15) is 0 Å². The molecular weight excluding hydrogens is 262 g/mol. The summed E-state index contributed by atoms with van der Waals surface area (Å²) in [5, 5.41) is 9.18. The van der Waals surface area contributed by atoms with Crippen molar-refractivity contribution in [1.29, 1.82) is 0 Å². The number of nitrogens with one attached hydrogen (secondary N) is 2. The Morgan fingerprint density at radius 2 is 2.30 bits per heavy atom. The summed E-state index contributed by atoms with van der Waals surface area (Å²) in [6.07, 6.45) is 4.43. The van der Waals surface area contributed by atoms with Crippen LogP contribution in [0.4, 0.5) is 0 Å². The smallest absolute Gasteiger partial charge is 0.333 e. The molecule has 2 rings (SSSR count). The van der Waals surface area contributed by atoms with E-state index in [4.69, 9.17) is 9.47 Å². The maximum absolute atomic E-state index is 12.2. The van der Waals surface area contributed by atoms with E-state index < -0.39 is 12.0 Å². The second-order valence-corrected chi connectivity index (χ2v) is 4.61. The minimum absolute atomic E-state index is 0.118. The third-order valence-corrected chi connectivity index (χ3v) is 3.25. The lowest BCUT2D eigenvalue weighted by Crippen LogP contribution is -2.40. The average molecular weight is 281 g/mol. The van der Waals surface area contributed by atoms with Gasteiger partial charge in [-0.05, 0) is 19.8 Å². The van der Waals surface area contributed by atoms with Crippen molar-refractivity contribution >= 4 is 11.9 Å². The maximum Gasteiger partial charge on any atom is 0.333 e. The molecule has 1 aromatic heterocycles. The Bertz CT molecular complexity index is 440. The number of ether oxygens (including phenoxy) is 2. The molecule has 1 atom stereocenters. The van der Waals surface area contributed by atoms with E-state index in [2.05, 4.69) is 15.5 Å². The van der Waals surface area contributed by atoms with Gasteiger partial charge in [0.05, 0.1) is 12.8 Å². The van der Waals surface area contributed by atoms with E-state index in [1.165, 1.54) is 6.20 Å². The maximum atomic E-state index is 12.2. The Hall–Kier alpha value is -1.89. The largest absolute Gasteiger partial charge is 0.464 e. The van der Waals surface area contributed by atoms with Crippen LogP contribution in [0.25, 0.3) is 0 Å². The van der Waals surface area contributed by atoms with Gasteiger partial charge in [0.15, 0.2) is 6.04 Å². The Morgan fingerprint density at radius 1 is 1.55 bits per heavy atom. The van der Waals surface area contributed by atoms with Gasteiger partial charge in [-0.3, -0.25) is 9.89 Å². The fraction of sp³-hybridized carbons (Fsp3) is 0.615. The molecule has 0 saturated carbocycles. The van der Waals surface area contributed by atoms with Crippen molar-refractivity contribution in [3.05, 3.63) is 18.0 Å². The number of hydrogen-bond donors (Lipinski definition) is 2. The highest BCUT2D eigenvalue weighted by atomic mass is 16.5. The Balaban J connectivity index is 2.03. The molecule has 1 unspecified atom stereocenters. The van der Waals surface area contributed by atoms with Crippen LogP contribution in [-0.4, -0.2) is 41.9 Å². The van der Waals surface area contributed by atoms with E-state index in [0.717, 1.165) is 0 Å². The molecule has 1 fully saturated rings. The Labute approximate surface area is 117 Å². The van der Waals surface area contributed by atoms with Crippen LogP contribution in [0.5, 0.6) is 0 Å². The van der Waals surface area contributed by atoms with Gasteiger partial charge in [0.25, 0.3) is 0 Å². The molecule has 0 bridgehead atoms. The van der Waals surface area contributed by atoms with Crippen molar-refractivity contribution in [2.45, 2.75) is 25.8 Å². The molecule has 0 spiro atoms. The molecule has 1 aliphatic heterocycles. The molecule has 7 heteroatoms. The van der Waals surface area contributed by atoms with Crippen LogP contribution >= 0.6 is 0 Å². The highest BCUT2D eigenvalue weighted by molar-refractivity contribution is 5.86. The summed E-state index contributed by atoms with van der Waals surface area (Å²) in [5.74, 6) is -0.741. The van der Waals surface area contributed by atoms with E-state index >= 15 is 0 Å². The number of amides is 1. The second kappa shape index (κ2) is 7.04. The molecule has 7 nitrogen and oxygen atoms in total. The van der Waals surface area contributed by atoms with Crippen LogP contribution in [0.1, 0.15) is 31.4 Å². The van der Waals surface area contributed by atoms with Gasteiger partial charge >= 0.3 is 5.97 Å². The molecule has 20 heavy (non-hydrogen) atoms. The lowest BCUT2D eigenvalue weighted by molar-refractivity contribution is -0.148. The zero-order chi connectivity index (χ0) is 14.4. The van der Waals surface area contributed by atoms with E-state index in [1.54, 1.807) is 13.1 Å². The number of hydrogen-bond acceptors (Lipinski definition) is 5. The molecule has 0 aliphatic carbocycles. The summed E-state index contributed by atoms with van der Waals surface area (Å²) in [4.78, 5) is 24.2. The van der Waals surface area contributed by atoms with Crippen LogP contribution in [0, 0.1) is 5.92 Å². The third-order valence-electron chi connectivity index (χ3n) is 3.25. The first-order valence-corrected chi connectivity index (χ1v) is 6.75. The first-order valence-electron chi connectivity index (χ1n) is 6.75. The Morgan fingerprint density at radius 3 is 2.90 bits per heavy atom. The number of carbonyl (C=O) groups excluding carboxylic acids is 2. The SMILES string of the molecule is CCOC(=O)C(NC(=O)C1CCOCC1)c1cn[nH]c1. The van der Waals surface area contributed by atoms with E-state index in [0.29, 0.717) is 31.6 Å². The summed E-state index contributed by atoms with van der Waals surface area (Å²) in [7, 11) is 0. The Kier molecular flexibility index (Phi) is 5.11. The van der Waals surface area contributed by atoms with Gasteiger partial charge in [-0.2, -0.15) is 5.10 Å². The summed E-state index contributed by atoms with van der Waals surface area (Å²) < 4.78 is 10.2. The summed E-state index contributed by atoms with van der Waals surface area (Å²) >= 11 is 0. The van der Waals surface area contributed by atoms with Gasteiger partial charge in [-0.1, -0.05) is 0 Å². The average Bonchev–Trinajstić information content (AvgIpc) is 2.99. The lowest BCUT2D eigenvalue weighted by atomic mass is 9.98. The molecular formula is C13H19N3O4. The van der Waals surface area contributed by atoms with Gasteiger partial charge in [-0.25, -0.2) is 4.79 Å². The number of nitrogens with zero attached hydrogens (tertiary/aromatic N) is 1. The first-order chi connectivity index (χ1) is 9.72. The predicted octanol–water partition coefficient (Wildman–Crippen LogP) is 0.557. The van der Waals surface area contributed by atoms with E-state index in [1.807, 2.05) is 0 Å². The zero-order valence-electron chi connectivity index (χ0n) is 11.4. The number of rotatable bonds is 5. The third kappa shape index (κ3) is 3.57. The lowest BCUT2D eigenvalue weighted by Gasteiger charge is -2.23. The molecule has 110 valence electrons. The van der Waals surface area contributed by atoms with Crippen molar-refractivity contribution < 1.29 is 19.1 Å². The topological polar surface area (TPSA) is 93.3 Å². The van der Waals surface area contributed by atoms with Gasteiger partial charge < -0.3 is 14.8 Å².